The third kappa shape index (κ3) is 4.49. The molecule has 7 nitrogen and oxygen atoms in total. The molecule has 2 saturated heterocycles. The Kier molecular flexibility index (Phi) is 5.86. The molecule has 0 saturated carbocycles. The van der Waals surface area contributed by atoms with Crippen LogP contribution in [0.3, 0.4) is 0 Å². The minimum Gasteiger partial charge on any atom is -0.459 e. The Morgan fingerprint density at radius 2 is 1.79 bits per heavy atom. The Hall–Kier alpha value is -3.61. The van der Waals surface area contributed by atoms with Crippen LogP contribution in [0.25, 0.3) is 0 Å². The number of pyridine rings is 1. The summed E-state index contributed by atoms with van der Waals surface area (Å²) in [5.41, 5.74) is 4.16. The summed E-state index contributed by atoms with van der Waals surface area (Å²) in [6.45, 7) is 4.86. The number of nitrogens with one attached hydrogen (secondary N) is 1. The highest BCUT2D eigenvalue weighted by molar-refractivity contribution is 5.94. The number of carbonyl (C=O) groups excluding carboxylic acids is 2. The topological polar surface area (TPSA) is 78.7 Å². The molecule has 0 spiro atoms. The van der Waals surface area contributed by atoms with E-state index in [1.54, 1.807) is 18.3 Å². The number of anilines is 2. The first-order valence-electron chi connectivity index (χ1n) is 11.5. The van der Waals surface area contributed by atoms with Crippen LogP contribution in [-0.4, -0.2) is 47.9 Å². The summed E-state index contributed by atoms with van der Waals surface area (Å²) >= 11 is 0. The van der Waals surface area contributed by atoms with Crippen molar-refractivity contribution in [3.8, 4) is 0 Å². The van der Waals surface area contributed by atoms with Gasteiger partial charge in [-0.2, -0.15) is 0 Å². The lowest BCUT2D eigenvalue weighted by atomic mass is 9.89. The number of rotatable bonds is 5. The summed E-state index contributed by atoms with van der Waals surface area (Å²) in [6.07, 6.45) is 5.16. The minimum absolute atomic E-state index is 0.0136. The van der Waals surface area contributed by atoms with Crippen LogP contribution in [0, 0.1) is 12.8 Å². The van der Waals surface area contributed by atoms with Crippen LogP contribution in [-0.2, 0) is 4.79 Å². The second-order valence-electron chi connectivity index (χ2n) is 8.86. The minimum atomic E-state index is -0.0373. The van der Waals surface area contributed by atoms with Crippen molar-refractivity contribution < 1.29 is 14.0 Å². The van der Waals surface area contributed by atoms with Gasteiger partial charge in [-0.3, -0.25) is 14.6 Å². The fourth-order valence-electron chi connectivity index (χ4n) is 4.71. The highest BCUT2D eigenvalue weighted by atomic mass is 16.3. The molecule has 33 heavy (non-hydrogen) atoms. The molecule has 0 atom stereocenters. The quantitative estimate of drug-likeness (QED) is 0.642. The van der Waals surface area contributed by atoms with Crippen molar-refractivity contribution in [3.63, 3.8) is 0 Å². The number of carbonyl (C=O) groups is 2. The van der Waals surface area contributed by atoms with Gasteiger partial charge < -0.3 is 19.5 Å². The predicted molar refractivity (Wildman–Crippen MR) is 126 cm³/mol. The SMILES string of the molecule is Cc1ncccc1N1CC(C(=O)Nc2ccc(C3CCN(C(=O)c4ccco4)CC3)cc2)C1. The lowest BCUT2D eigenvalue weighted by Gasteiger charge is -2.40. The van der Waals surface area contributed by atoms with E-state index in [9.17, 15) is 9.59 Å². The van der Waals surface area contributed by atoms with Gasteiger partial charge in [-0.15, -0.1) is 0 Å². The molecule has 0 bridgehead atoms. The van der Waals surface area contributed by atoms with Crippen LogP contribution in [0.5, 0.6) is 0 Å². The van der Waals surface area contributed by atoms with Crippen molar-refractivity contribution in [3.05, 3.63) is 78.0 Å². The zero-order valence-corrected chi connectivity index (χ0v) is 18.7. The molecule has 0 aliphatic carbocycles. The first-order valence-corrected chi connectivity index (χ1v) is 11.5. The lowest BCUT2D eigenvalue weighted by Crippen LogP contribution is -2.52. The molecule has 3 aromatic rings. The molecule has 2 aliphatic heterocycles. The first kappa shape index (κ1) is 21.2. The molecule has 0 radical (unpaired) electrons. The fourth-order valence-corrected chi connectivity index (χ4v) is 4.71. The highest BCUT2D eigenvalue weighted by Crippen LogP contribution is 2.30. The van der Waals surface area contributed by atoms with Crippen LogP contribution in [0.1, 0.15) is 40.6 Å². The molecule has 7 heteroatoms. The molecule has 5 rings (SSSR count). The number of amides is 2. The predicted octanol–water partition coefficient (Wildman–Crippen LogP) is 4.08. The summed E-state index contributed by atoms with van der Waals surface area (Å²) < 4.78 is 5.24. The number of benzene rings is 1. The van der Waals surface area contributed by atoms with Crippen molar-refractivity contribution in [2.75, 3.05) is 36.4 Å². The van der Waals surface area contributed by atoms with Crippen LogP contribution in [0.2, 0.25) is 0 Å². The molecule has 2 amide bonds. The Labute approximate surface area is 193 Å². The van der Waals surface area contributed by atoms with Crippen LogP contribution in [0.4, 0.5) is 11.4 Å². The number of hydrogen-bond donors (Lipinski definition) is 1. The number of piperidine rings is 1. The van der Waals surface area contributed by atoms with Crippen molar-refractivity contribution in [2.24, 2.45) is 5.92 Å². The monoisotopic (exact) mass is 444 g/mol. The smallest absolute Gasteiger partial charge is 0.289 e. The van der Waals surface area contributed by atoms with Crippen molar-refractivity contribution in [2.45, 2.75) is 25.7 Å². The zero-order chi connectivity index (χ0) is 22.8. The number of likely N-dealkylation sites (tertiary alicyclic amines) is 1. The van der Waals surface area contributed by atoms with Gasteiger partial charge in [0.2, 0.25) is 5.91 Å². The molecule has 1 N–H and O–H groups in total. The van der Waals surface area contributed by atoms with Crippen LogP contribution in [0.15, 0.2) is 65.4 Å². The molecular formula is C26H28N4O3. The Morgan fingerprint density at radius 3 is 2.45 bits per heavy atom. The number of aryl methyl sites for hydroxylation is 1. The normalized spacial score (nSPS) is 17.0. The van der Waals surface area contributed by atoms with Crippen molar-refractivity contribution >= 4 is 23.2 Å². The fraction of sp³-hybridized carbons (Fsp3) is 0.346. The summed E-state index contributed by atoms with van der Waals surface area (Å²) in [5.74, 6) is 0.826. The third-order valence-electron chi connectivity index (χ3n) is 6.74. The van der Waals surface area contributed by atoms with E-state index < -0.39 is 0 Å². The summed E-state index contributed by atoms with van der Waals surface area (Å²) in [7, 11) is 0. The molecular weight excluding hydrogens is 416 g/mol. The van der Waals surface area contributed by atoms with Gasteiger partial charge in [-0.05, 0) is 67.6 Å². The molecule has 2 aromatic heterocycles. The average Bonchev–Trinajstić information content (AvgIpc) is 3.35. The maximum absolute atomic E-state index is 12.6. The molecule has 0 unspecified atom stereocenters. The average molecular weight is 445 g/mol. The standard InChI is InChI=1S/C26H28N4O3/c1-18-23(4-2-12-27-18)30-16-21(17-30)25(31)28-22-8-6-19(7-9-22)20-10-13-29(14-11-20)26(32)24-5-3-15-33-24/h2-9,12,15,20-21H,10-11,13-14,16-17H2,1H3,(H,28,31). The van der Waals surface area contributed by atoms with E-state index in [4.69, 9.17) is 4.42 Å². The third-order valence-corrected chi connectivity index (χ3v) is 6.74. The van der Waals surface area contributed by atoms with Gasteiger partial charge >= 0.3 is 0 Å². The van der Waals surface area contributed by atoms with Crippen molar-refractivity contribution in [1.29, 1.82) is 0 Å². The zero-order valence-electron chi connectivity index (χ0n) is 18.7. The van der Waals surface area contributed by atoms with Crippen molar-refractivity contribution in [1.82, 2.24) is 9.88 Å². The molecule has 2 aliphatic rings. The Morgan fingerprint density at radius 1 is 1.03 bits per heavy atom. The van der Waals surface area contributed by atoms with E-state index >= 15 is 0 Å². The Balaban J connectivity index is 1.11. The highest BCUT2D eigenvalue weighted by Gasteiger charge is 2.33. The van der Waals surface area contributed by atoms with Gasteiger partial charge in [0.1, 0.15) is 0 Å². The molecule has 1 aromatic carbocycles. The van der Waals surface area contributed by atoms with E-state index in [0.29, 0.717) is 24.8 Å². The van der Waals surface area contributed by atoms with E-state index in [2.05, 4.69) is 27.3 Å². The van der Waals surface area contributed by atoms with Gasteiger partial charge in [-0.1, -0.05) is 12.1 Å². The second kappa shape index (κ2) is 9.10. The second-order valence-corrected chi connectivity index (χ2v) is 8.86. The molecule has 170 valence electrons. The summed E-state index contributed by atoms with van der Waals surface area (Å²) in [6, 6.07) is 15.6. The maximum atomic E-state index is 12.6. The summed E-state index contributed by atoms with van der Waals surface area (Å²) in [4.78, 5) is 33.5. The number of furan rings is 1. The van der Waals surface area contributed by atoms with Crippen LogP contribution < -0.4 is 10.2 Å². The van der Waals surface area contributed by atoms with E-state index in [1.807, 2.05) is 36.1 Å². The first-order chi connectivity index (χ1) is 16.1. The Bertz CT molecular complexity index is 1110. The van der Waals surface area contributed by atoms with Gasteiger partial charge in [0.25, 0.3) is 5.91 Å². The maximum Gasteiger partial charge on any atom is 0.289 e. The number of aromatic nitrogens is 1. The van der Waals surface area contributed by atoms with Gasteiger partial charge in [0, 0.05) is 38.1 Å². The lowest BCUT2D eigenvalue weighted by molar-refractivity contribution is -0.120. The van der Waals surface area contributed by atoms with Gasteiger partial charge in [0.05, 0.1) is 23.6 Å². The van der Waals surface area contributed by atoms with E-state index in [1.165, 1.54) is 11.8 Å². The van der Waals surface area contributed by atoms with Gasteiger partial charge in [-0.25, -0.2) is 0 Å². The largest absolute Gasteiger partial charge is 0.459 e. The van der Waals surface area contributed by atoms with Crippen LogP contribution >= 0.6 is 0 Å². The number of hydrogen-bond acceptors (Lipinski definition) is 5. The molecule has 2 fully saturated rings. The van der Waals surface area contributed by atoms with E-state index in [0.717, 1.165) is 43.0 Å². The summed E-state index contributed by atoms with van der Waals surface area (Å²) in [5, 5.41) is 3.05. The molecule has 4 heterocycles. The number of nitrogens with zero attached hydrogens (tertiary/aromatic N) is 3. The van der Waals surface area contributed by atoms with E-state index in [-0.39, 0.29) is 17.7 Å². The van der Waals surface area contributed by atoms with Gasteiger partial charge in [0.15, 0.2) is 5.76 Å².